The van der Waals surface area contributed by atoms with Crippen LogP contribution in [0.15, 0.2) is 200 Å². The van der Waals surface area contributed by atoms with Gasteiger partial charge in [0.25, 0.3) is 26.9 Å². The number of aryl methyl sites for hydroxylation is 9. The Bertz CT molecular complexity index is 6460. The molecule has 0 amide bonds. The summed E-state index contributed by atoms with van der Waals surface area (Å²) in [6, 6.07) is 78.1. The minimum atomic E-state index is -0.416. The number of ether oxygens (including phenoxy) is 4. The first-order chi connectivity index (χ1) is 54.7. The van der Waals surface area contributed by atoms with Gasteiger partial charge in [-0.25, -0.2) is 0 Å². The first-order valence-corrected chi connectivity index (χ1v) is 41.4. The summed E-state index contributed by atoms with van der Waals surface area (Å²) in [6.45, 7) is 46.7. The molecular formula is C103H96B4N4O4. The molecule has 8 heterocycles. The third-order valence-electron chi connectivity index (χ3n) is 25.9. The van der Waals surface area contributed by atoms with Crippen LogP contribution in [-0.4, -0.2) is 26.9 Å². The number of para-hydroxylation sites is 1. The Kier molecular flexibility index (Phi) is 15.1. The van der Waals surface area contributed by atoms with Gasteiger partial charge in [-0.05, 0) is 297 Å². The van der Waals surface area contributed by atoms with Crippen LogP contribution in [0.3, 0.4) is 0 Å². The zero-order valence-electron chi connectivity index (χ0n) is 70.3. The molecule has 0 unspecified atom stereocenters. The van der Waals surface area contributed by atoms with Crippen molar-refractivity contribution in [3.05, 3.63) is 273 Å². The molecule has 0 fully saturated rings. The number of anilines is 12. The van der Waals surface area contributed by atoms with Gasteiger partial charge >= 0.3 is 0 Å². The molecular weight excluding hydrogens is 1400 g/mol. The summed E-state index contributed by atoms with van der Waals surface area (Å²) in [6.07, 6.45) is 0. The van der Waals surface area contributed by atoms with Gasteiger partial charge in [0, 0.05) is 67.4 Å². The Morgan fingerprint density at radius 2 is 0.470 bits per heavy atom. The average molecular weight is 1500 g/mol. The van der Waals surface area contributed by atoms with Crippen molar-refractivity contribution in [3.63, 3.8) is 0 Å². The molecule has 8 nitrogen and oxygen atoms in total. The van der Waals surface area contributed by atoms with Crippen LogP contribution in [0, 0.1) is 62.3 Å². The summed E-state index contributed by atoms with van der Waals surface area (Å²) in [5.74, 6) is 6.72. The maximum Gasteiger partial charge on any atom is 0.256 e. The smallest absolute Gasteiger partial charge is 0.256 e. The number of rotatable bonds is 4. The molecule has 12 heteroatoms. The quantitative estimate of drug-likeness (QED) is 0.162. The van der Waals surface area contributed by atoms with Gasteiger partial charge in [-0.2, -0.15) is 0 Å². The summed E-state index contributed by atoms with van der Waals surface area (Å²) in [5, 5.41) is 0. The predicted octanol–water partition coefficient (Wildman–Crippen LogP) is 19.3. The molecule has 0 aliphatic carbocycles. The van der Waals surface area contributed by atoms with Crippen molar-refractivity contribution in [1.29, 1.82) is 0 Å². The van der Waals surface area contributed by atoms with Crippen LogP contribution in [0.1, 0.15) is 155 Å². The third kappa shape index (κ3) is 10.6. The van der Waals surface area contributed by atoms with Crippen molar-refractivity contribution in [2.24, 2.45) is 0 Å². The molecule has 0 N–H and O–H groups in total. The first kappa shape index (κ1) is 71.3. The van der Waals surface area contributed by atoms with Crippen LogP contribution < -0.4 is 104 Å². The highest BCUT2D eigenvalue weighted by Gasteiger charge is 2.57. The Morgan fingerprint density at radius 3 is 0.791 bits per heavy atom. The summed E-state index contributed by atoms with van der Waals surface area (Å²) in [7, 11) is 0. The van der Waals surface area contributed by atoms with Crippen LogP contribution in [0.4, 0.5) is 68.2 Å². The van der Waals surface area contributed by atoms with E-state index in [9.17, 15) is 0 Å². The highest BCUT2D eigenvalue weighted by Crippen LogP contribution is 2.59. The molecule has 0 saturated heterocycles. The Balaban J connectivity index is 0.950. The van der Waals surface area contributed by atoms with Crippen LogP contribution in [-0.2, 0) is 21.7 Å². The molecule has 115 heavy (non-hydrogen) atoms. The lowest BCUT2D eigenvalue weighted by Crippen LogP contribution is -2.66. The summed E-state index contributed by atoms with van der Waals surface area (Å²) in [5.41, 5.74) is 40.7. The molecule has 0 saturated carbocycles. The minimum absolute atomic E-state index is 0.169. The van der Waals surface area contributed by atoms with Crippen LogP contribution in [0.5, 0.6) is 46.0 Å². The molecule has 0 atom stereocenters. The van der Waals surface area contributed by atoms with E-state index in [2.05, 4.69) is 365 Å². The monoisotopic (exact) mass is 1500 g/mol. The number of benzene rings is 13. The third-order valence-corrected chi connectivity index (χ3v) is 25.9. The van der Waals surface area contributed by atoms with Gasteiger partial charge in [0.2, 0.25) is 0 Å². The maximum atomic E-state index is 8.27. The number of hydrogen-bond donors (Lipinski definition) is 0. The lowest BCUT2D eigenvalue weighted by Gasteiger charge is -2.49. The van der Waals surface area contributed by atoms with Crippen LogP contribution in [0.25, 0.3) is 0 Å². The van der Waals surface area contributed by atoms with Crippen molar-refractivity contribution in [2.45, 2.75) is 167 Å². The van der Waals surface area contributed by atoms with Gasteiger partial charge in [0.15, 0.2) is 0 Å². The highest BCUT2D eigenvalue weighted by molar-refractivity contribution is 7.04. The van der Waals surface area contributed by atoms with Crippen LogP contribution in [0.2, 0.25) is 0 Å². The van der Waals surface area contributed by atoms with Crippen molar-refractivity contribution in [2.75, 3.05) is 19.6 Å². The van der Waals surface area contributed by atoms with Gasteiger partial charge in [0.05, 0.1) is 22.7 Å². The maximum absolute atomic E-state index is 8.27. The Morgan fingerprint density at radius 1 is 0.217 bits per heavy atom. The largest absolute Gasteiger partial charge is 0.456 e. The van der Waals surface area contributed by atoms with Crippen molar-refractivity contribution in [1.82, 2.24) is 0 Å². The fourth-order valence-electron chi connectivity index (χ4n) is 20.8. The number of hydrogen-bond acceptors (Lipinski definition) is 8. The van der Waals surface area contributed by atoms with E-state index >= 15 is 0 Å². The summed E-state index contributed by atoms with van der Waals surface area (Å²) < 4.78 is 32.8. The molecule has 13 aromatic rings. The SMILES string of the molecule is Cc1cc(C)cc(N2c3cc(C(C)(C)C)ccc3B3c4ccccc4Oc4c3c2c2c3c4N(c4cc(C)cc(C)c4)c4cc5c(cc4B3c3ccc(C(C)(C)C)cc3O2)N(c2cc(C)cc(C)c2)c2c3c4c(c6c2B5c2ccc(C(C)(C)C)cc2O6)N(c2cc(C)cc(C)c2)c2cc(C(C)(C)C)ccc2B4c2ccc(C)cc2O3)c1. The van der Waals surface area contributed by atoms with Gasteiger partial charge in [0.1, 0.15) is 46.0 Å². The lowest BCUT2D eigenvalue weighted by atomic mass is 9.29. The molecule has 0 bridgehead atoms. The summed E-state index contributed by atoms with van der Waals surface area (Å²) >= 11 is 0. The average Bonchev–Trinajstić information content (AvgIpc) is 0.667. The van der Waals surface area contributed by atoms with E-state index in [1.807, 2.05) is 0 Å². The van der Waals surface area contributed by atoms with E-state index in [1.165, 1.54) is 55.4 Å². The first-order valence-electron chi connectivity index (χ1n) is 41.4. The van der Waals surface area contributed by atoms with E-state index in [4.69, 9.17) is 18.9 Å². The van der Waals surface area contributed by atoms with Crippen molar-refractivity contribution in [3.8, 4) is 46.0 Å². The molecule has 0 spiro atoms. The second-order valence-corrected chi connectivity index (χ2v) is 38.8. The van der Waals surface area contributed by atoms with Gasteiger partial charge < -0.3 is 38.5 Å². The number of fused-ring (bicyclic) bond motifs is 20. The van der Waals surface area contributed by atoms with E-state index in [1.54, 1.807) is 0 Å². The zero-order chi connectivity index (χ0) is 79.8. The second kappa shape index (κ2) is 24.3. The fourth-order valence-corrected chi connectivity index (χ4v) is 20.8. The number of nitrogens with zero attached hydrogens (tertiary/aromatic N) is 4. The van der Waals surface area contributed by atoms with Gasteiger partial charge in [-0.15, -0.1) is 0 Å². The van der Waals surface area contributed by atoms with E-state index in [-0.39, 0.29) is 35.1 Å². The van der Waals surface area contributed by atoms with E-state index in [0.29, 0.717) is 0 Å². The minimum Gasteiger partial charge on any atom is -0.456 e. The highest BCUT2D eigenvalue weighted by atomic mass is 16.5. The van der Waals surface area contributed by atoms with Gasteiger partial charge in [-0.1, -0.05) is 186 Å². The topological polar surface area (TPSA) is 49.9 Å². The zero-order valence-corrected chi connectivity index (χ0v) is 70.3. The molecule has 8 aliphatic rings. The Labute approximate surface area is 680 Å². The molecule has 13 aromatic carbocycles. The molecule has 21 rings (SSSR count). The molecule has 0 aromatic heterocycles. The Hall–Kier alpha value is -11.5. The van der Waals surface area contributed by atoms with E-state index < -0.39 is 13.4 Å². The second-order valence-electron chi connectivity index (χ2n) is 38.8. The molecule has 564 valence electrons. The van der Waals surface area contributed by atoms with Crippen LogP contribution >= 0.6 is 0 Å². The predicted molar refractivity (Wildman–Crippen MR) is 487 cm³/mol. The molecule has 0 radical (unpaired) electrons. The lowest BCUT2D eigenvalue weighted by molar-refractivity contribution is 0.475. The fraction of sp³-hybridized carbons (Fsp3) is 0.243. The summed E-state index contributed by atoms with van der Waals surface area (Å²) in [4.78, 5) is 10.4. The van der Waals surface area contributed by atoms with Gasteiger partial charge in [-0.3, -0.25) is 0 Å². The molecule has 8 aliphatic heterocycles. The van der Waals surface area contributed by atoms with Crippen molar-refractivity contribution < 1.29 is 18.9 Å². The normalized spacial score (nSPS) is 14.6. The van der Waals surface area contributed by atoms with Crippen molar-refractivity contribution >= 4 is 161 Å². The standard InChI is InChI=1S/C103H96B4N4O4/c1-55-26-31-75-85(48-55)113-97-89-93(109(69-42-58(4)37-59(5)43-69)81-50-65(101(13,14)15)28-33-73(81)105(75)89)99-91-95(97)111(71-46-62(8)39-63(9)47-71)83-54-78-82(53-79(83)107(91)77-35-30-67(103(19,20)21)52-87(77)115-99)110(70-44-60(6)38-61(7)45-70)94-90-98(114-86-51-66(102(16,17)18)29-34-76(86)106(78)90)92-88-96(94)112-84-25-23-22-24-74(84)104(88)72-32-27-64(100(10,11)12)49-80(72)108(92)68-40-56(2)36-57(3)41-68/h22-54H,1-21H3. The van der Waals surface area contributed by atoms with E-state index in [0.717, 1.165) is 197 Å².